The van der Waals surface area contributed by atoms with Crippen LogP contribution in [-0.2, 0) is 0 Å². The van der Waals surface area contributed by atoms with E-state index in [2.05, 4.69) is 0 Å². The minimum Gasteiger partial charge on any atom is -0.455 e. The van der Waals surface area contributed by atoms with Gasteiger partial charge in [0.25, 0.3) is 0 Å². The van der Waals surface area contributed by atoms with Crippen LogP contribution in [0.5, 0.6) is 0 Å². The van der Waals surface area contributed by atoms with Gasteiger partial charge in [-0.1, -0.05) is 170 Å². The number of para-hydroxylation sites is 2. The molecule has 0 bridgehead atoms. The molecule has 9 aromatic carbocycles. The molecule has 0 N–H and O–H groups in total. The molecule has 49 heavy (non-hydrogen) atoms. The molecule has 0 spiro atoms. The normalized spacial score (nSPS) is 15.4. The predicted octanol–water partition coefficient (Wildman–Crippen LogP) is 13.7. The largest absolute Gasteiger partial charge is 0.455 e. The van der Waals surface area contributed by atoms with E-state index < -0.39 is 78.6 Å². The van der Waals surface area contributed by atoms with Gasteiger partial charge in [-0.3, -0.25) is 0 Å². The molecule has 0 fully saturated rings. The molecule has 1 aromatic heterocycles. The Kier molecular flexibility index (Phi) is 3.99. The van der Waals surface area contributed by atoms with Crippen LogP contribution in [0.15, 0.2) is 186 Å². The van der Waals surface area contributed by atoms with Gasteiger partial charge in [0.05, 0.1) is 17.8 Å². The minimum atomic E-state index is -0.541. The molecule has 0 unspecified atom stereocenters. The zero-order chi connectivity index (χ0) is 43.6. The summed E-state index contributed by atoms with van der Waals surface area (Å²) in [6, 6.07) is 24.7. The van der Waals surface area contributed by atoms with Crippen molar-refractivity contribution >= 4 is 54.3 Å². The van der Waals surface area contributed by atoms with Gasteiger partial charge in [-0.2, -0.15) is 0 Å². The smallest absolute Gasteiger partial charge is 0.143 e. The van der Waals surface area contributed by atoms with Crippen molar-refractivity contribution in [3.8, 4) is 44.5 Å². The third-order valence-corrected chi connectivity index (χ3v) is 9.20. The Morgan fingerprint density at radius 2 is 0.898 bits per heavy atom. The van der Waals surface area contributed by atoms with Gasteiger partial charge in [-0.05, 0) is 83.4 Å². The van der Waals surface area contributed by atoms with E-state index in [-0.39, 0.29) is 38.2 Å². The Hall–Kier alpha value is -6.44. The molecule has 10 aromatic rings. The average Bonchev–Trinajstić information content (AvgIpc) is 3.68. The number of benzene rings is 9. The maximum Gasteiger partial charge on any atom is 0.143 e. The third kappa shape index (κ3) is 4.33. The van der Waals surface area contributed by atoms with Crippen LogP contribution in [0.25, 0.3) is 98.8 Å². The van der Waals surface area contributed by atoms with Crippen LogP contribution in [0.2, 0.25) is 0 Å². The van der Waals surface area contributed by atoms with Crippen LogP contribution in [-0.4, -0.2) is 0 Å². The van der Waals surface area contributed by atoms with Gasteiger partial charge in [0, 0.05) is 16.3 Å². The number of hydrogen-bond donors (Lipinski definition) is 0. The van der Waals surface area contributed by atoms with E-state index in [9.17, 15) is 5.48 Å². The number of furan rings is 1. The number of rotatable bonds is 4. The van der Waals surface area contributed by atoms with Crippen LogP contribution in [0.3, 0.4) is 0 Å². The van der Waals surface area contributed by atoms with Gasteiger partial charge < -0.3 is 4.42 Å². The molecule has 10 rings (SSSR count). The summed E-state index contributed by atoms with van der Waals surface area (Å²) in [5.74, 6) is 0. The summed E-state index contributed by atoms with van der Waals surface area (Å²) in [6.07, 6.45) is 0. The van der Waals surface area contributed by atoms with Crippen molar-refractivity contribution in [1.82, 2.24) is 0 Å². The topological polar surface area (TPSA) is 13.1 Å². The first kappa shape index (κ1) is 17.6. The summed E-state index contributed by atoms with van der Waals surface area (Å²) in [4.78, 5) is 0. The lowest BCUT2D eigenvalue weighted by Crippen LogP contribution is -1.92. The SMILES string of the molecule is [2H]c1c([2H])c([2H])c(-c2ccc(-c3c4c([2H])c([2H])c([2H])c([2H])c4c(-c4cccc(-c5cccc6c5oc5ccccc56)c4)c4c([2H])c([2H])c([2H])c([2H])c34)c3ccccc23)c([2H])c1[2H]. The molecule has 0 saturated heterocycles. The summed E-state index contributed by atoms with van der Waals surface area (Å²) >= 11 is 0. The fourth-order valence-electron chi connectivity index (χ4n) is 7.12. The van der Waals surface area contributed by atoms with E-state index in [0.717, 1.165) is 16.3 Å². The first-order valence-electron chi connectivity index (χ1n) is 22.3. The lowest BCUT2D eigenvalue weighted by molar-refractivity contribution is 0.670. The molecule has 1 heterocycles. The quantitative estimate of drug-likeness (QED) is 0.175. The molecule has 0 radical (unpaired) electrons. The highest BCUT2D eigenvalue weighted by Gasteiger charge is 2.20. The summed E-state index contributed by atoms with van der Waals surface area (Å²) in [6.45, 7) is 0. The summed E-state index contributed by atoms with van der Waals surface area (Å²) in [5, 5.41) is 2.87. The summed E-state index contributed by atoms with van der Waals surface area (Å²) < 4.78 is 122. The number of hydrogen-bond acceptors (Lipinski definition) is 1. The van der Waals surface area contributed by atoms with Crippen molar-refractivity contribution in [3.63, 3.8) is 0 Å². The lowest BCUT2D eigenvalue weighted by atomic mass is 9.83. The molecular formula is C48H30O. The highest BCUT2D eigenvalue weighted by Crippen LogP contribution is 2.47. The average molecular weight is 636 g/mol. The van der Waals surface area contributed by atoms with Crippen LogP contribution in [0, 0.1) is 0 Å². The summed E-state index contributed by atoms with van der Waals surface area (Å²) in [5.41, 5.74) is 4.18. The molecule has 0 amide bonds. The van der Waals surface area contributed by atoms with Crippen LogP contribution in [0.4, 0.5) is 0 Å². The lowest BCUT2D eigenvalue weighted by Gasteiger charge is -2.20. The Balaban J connectivity index is 1.36. The number of fused-ring (bicyclic) bond motifs is 6. The van der Waals surface area contributed by atoms with Crippen LogP contribution < -0.4 is 0 Å². The van der Waals surface area contributed by atoms with Crippen LogP contribution in [0.1, 0.15) is 17.8 Å². The fourth-order valence-corrected chi connectivity index (χ4v) is 7.12. The summed E-state index contributed by atoms with van der Waals surface area (Å²) in [7, 11) is 0. The van der Waals surface area contributed by atoms with Gasteiger partial charge in [0.1, 0.15) is 11.2 Å². The molecule has 228 valence electrons. The van der Waals surface area contributed by atoms with E-state index in [1.54, 1.807) is 48.5 Å². The molecule has 0 saturated carbocycles. The van der Waals surface area contributed by atoms with Crippen LogP contribution >= 0.6 is 0 Å². The zero-order valence-electron chi connectivity index (χ0n) is 38.7. The van der Waals surface area contributed by atoms with Gasteiger partial charge in [-0.15, -0.1) is 0 Å². The van der Waals surface area contributed by atoms with Crippen molar-refractivity contribution in [2.75, 3.05) is 0 Å². The Bertz CT molecular complexity index is 3520. The molecule has 1 heteroatoms. The first-order valence-corrected chi connectivity index (χ1v) is 15.8. The van der Waals surface area contributed by atoms with E-state index in [4.69, 9.17) is 16.8 Å². The first-order chi connectivity index (χ1) is 29.7. The highest BCUT2D eigenvalue weighted by atomic mass is 16.3. The van der Waals surface area contributed by atoms with E-state index in [0.29, 0.717) is 44.2 Å². The molecule has 0 atom stereocenters. The Morgan fingerprint density at radius 3 is 1.63 bits per heavy atom. The standard InChI is InChI=1S/C48H30O/c1-2-14-31(15-3-1)34-28-29-43(37-19-5-4-18-36(34)37)47-41-23-8-6-21-39(41)46(40-22-7-9-24-42(40)47)33-17-12-16-32(30-33)35-25-13-26-44-38-20-10-11-27-45(38)49-48(35)44/h1-30H/i1D,2D,3D,6D,7D,8D,9D,14D,15D,21D,22D,23D,24D. The van der Waals surface area contributed by atoms with Gasteiger partial charge in [0.2, 0.25) is 0 Å². The zero-order valence-corrected chi connectivity index (χ0v) is 25.7. The fraction of sp³-hybridized carbons (Fsp3) is 0. The Labute approximate surface area is 302 Å². The van der Waals surface area contributed by atoms with Crippen molar-refractivity contribution in [2.45, 2.75) is 0 Å². The highest BCUT2D eigenvalue weighted by molar-refractivity contribution is 6.24. The van der Waals surface area contributed by atoms with Crippen molar-refractivity contribution in [1.29, 1.82) is 0 Å². The molecular weight excluding hydrogens is 593 g/mol. The predicted molar refractivity (Wildman–Crippen MR) is 208 cm³/mol. The molecule has 1 nitrogen and oxygen atoms in total. The maximum atomic E-state index is 9.49. The van der Waals surface area contributed by atoms with Crippen molar-refractivity contribution in [3.05, 3.63) is 182 Å². The third-order valence-electron chi connectivity index (χ3n) is 9.20. The second-order valence-electron chi connectivity index (χ2n) is 11.8. The molecule has 0 aliphatic heterocycles. The second kappa shape index (κ2) is 11.1. The van der Waals surface area contributed by atoms with Gasteiger partial charge in [0.15, 0.2) is 0 Å². The van der Waals surface area contributed by atoms with E-state index in [1.165, 1.54) is 0 Å². The van der Waals surface area contributed by atoms with Crippen molar-refractivity contribution < 1.29 is 22.2 Å². The Morgan fingerprint density at radius 1 is 0.347 bits per heavy atom. The monoisotopic (exact) mass is 635 g/mol. The molecule has 0 aliphatic rings. The van der Waals surface area contributed by atoms with Gasteiger partial charge in [-0.25, -0.2) is 0 Å². The van der Waals surface area contributed by atoms with Crippen molar-refractivity contribution in [2.24, 2.45) is 0 Å². The van der Waals surface area contributed by atoms with E-state index in [1.807, 2.05) is 54.6 Å². The maximum absolute atomic E-state index is 9.49. The minimum absolute atomic E-state index is 0.0223. The van der Waals surface area contributed by atoms with Gasteiger partial charge >= 0.3 is 0 Å². The molecule has 0 aliphatic carbocycles. The second-order valence-corrected chi connectivity index (χ2v) is 11.8. The van der Waals surface area contributed by atoms with E-state index >= 15 is 0 Å².